The van der Waals surface area contributed by atoms with Gasteiger partial charge in [0.1, 0.15) is 5.82 Å². The summed E-state index contributed by atoms with van der Waals surface area (Å²) in [5.74, 6) is 0.938. The Kier molecular flexibility index (Phi) is 3.99. The second-order valence-electron chi connectivity index (χ2n) is 4.86. The summed E-state index contributed by atoms with van der Waals surface area (Å²) in [4.78, 5) is 4.44. The molecule has 1 unspecified atom stereocenters. The van der Waals surface area contributed by atoms with Crippen LogP contribution in [-0.4, -0.2) is 24.2 Å². The van der Waals surface area contributed by atoms with Crippen molar-refractivity contribution in [3.05, 3.63) is 34.9 Å². The molecular formula is C15H17BrN2O. The van der Waals surface area contributed by atoms with Gasteiger partial charge in [-0.05, 0) is 31.4 Å². The van der Waals surface area contributed by atoms with Crippen LogP contribution >= 0.6 is 15.9 Å². The first kappa shape index (κ1) is 12.9. The third-order valence-electron chi connectivity index (χ3n) is 3.52. The van der Waals surface area contributed by atoms with E-state index in [0.717, 1.165) is 35.2 Å². The Morgan fingerprint density at radius 2 is 2.21 bits per heavy atom. The molecule has 1 aromatic carbocycles. The lowest BCUT2D eigenvalue weighted by atomic mass is 10.1. The summed E-state index contributed by atoms with van der Waals surface area (Å²) in [5.41, 5.74) is 0. The van der Waals surface area contributed by atoms with Gasteiger partial charge in [-0.3, -0.25) is 0 Å². The fourth-order valence-corrected chi connectivity index (χ4v) is 2.99. The molecule has 100 valence electrons. The Labute approximate surface area is 121 Å². The largest absolute Gasteiger partial charge is 0.376 e. The Bertz CT molecular complexity index is 567. The minimum Gasteiger partial charge on any atom is -0.376 e. The zero-order valence-electron chi connectivity index (χ0n) is 10.7. The molecule has 1 aliphatic rings. The fourth-order valence-electron chi connectivity index (χ4n) is 2.49. The average molecular weight is 321 g/mol. The maximum Gasteiger partial charge on any atom is 0.133 e. The normalized spacial score (nSPS) is 19.5. The molecule has 3 nitrogen and oxygen atoms in total. The molecule has 1 saturated heterocycles. The smallest absolute Gasteiger partial charge is 0.133 e. The lowest BCUT2D eigenvalue weighted by molar-refractivity contribution is 0.0247. The van der Waals surface area contributed by atoms with E-state index in [1.54, 1.807) is 0 Å². The highest BCUT2D eigenvalue weighted by Crippen LogP contribution is 2.27. The topological polar surface area (TPSA) is 34.1 Å². The summed E-state index contributed by atoms with van der Waals surface area (Å²) in [6, 6.07) is 8.21. The summed E-state index contributed by atoms with van der Waals surface area (Å²) in [6.07, 6.45) is 5.76. The van der Waals surface area contributed by atoms with Crippen LogP contribution in [0.15, 0.2) is 34.9 Å². The van der Waals surface area contributed by atoms with Crippen LogP contribution in [0.1, 0.15) is 19.3 Å². The molecule has 0 amide bonds. The number of aromatic nitrogens is 1. The zero-order chi connectivity index (χ0) is 13.1. The highest BCUT2D eigenvalue weighted by atomic mass is 79.9. The molecule has 2 aromatic rings. The molecule has 1 N–H and O–H groups in total. The van der Waals surface area contributed by atoms with Crippen molar-refractivity contribution in [1.82, 2.24) is 4.98 Å². The summed E-state index contributed by atoms with van der Waals surface area (Å²) in [6.45, 7) is 1.72. The summed E-state index contributed by atoms with van der Waals surface area (Å²) < 4.78 is 6.84. The van der Waals surface area contributed by atoms with Gasteiger partial charge >= 0.3 is 0 Å². The van der Waals surface area contributed by atoms with Crippen molar-refractivity contribution in [1.29, 1.82) is 0 Å². The molecule has 1 fully saturated rings. The first-order valence-electron chi connectivity index (χ1n) is 6.73. The van der Waals surface area contributed by atoms with Gasteiger partial charge in [-0.25, -0.2) is 4.98 Å². The van der Waals surface area contributed by atoms with E-state index >= 15 is 0 Å². The van der Waals surface area contributed by atoms with E-state index in [1.807, 2.05) is 18.3 Å². The summed E-state index contributed by atoms with van der Waals surface area (Å²) in [5, 5.41) is 5.76. The first-order chi connectivity index (χ1) is 9.34. The number of nitrogens with one attached hydrogen (secondary N) is 1. The van der Waals surface area contributed by atoms with Crippen molar-refractivity contribution in [3.8, 4) is 0 Å². The molecule has 4 heteroatoms. The van der Waals surface area contributed by atoms with Gasteiger partial charge in [0.05, 0.1) is 6.10 Å². The van der Waals surface area contributed by atoms with Crippen LogP contribution in [0, 0.1) is 0 Å². The summed E-state index contributed by atoms with van der Waals surface area (Å²) >= 11 is 3.58. The molecular weight excluding hydrogens is 304 g/mol. The lowest BCUT2D eigenvalue weighted by Crippen LogP contribution is -2.27. The maximum atomic E-state index is 5.74. The van der Waals surface area contributed by atoms with E-state index in [4.69, 9.17) is 4.74 Å². The van der Waals surface area contributed by atoms with Crippen LogP contribution in [0.3, 0.4) is 0 Å². The van der Waals surface area contributed by atoms with E-state index in [-0.39, 0.29) is 0 Å². The number of hydrogen-bond acceptors (Lipinski definition) is 3. The van der Waals surface area contributed by atoms with Crippen molar-refractivity contribution in [2.24, 2.45) is 0 Å². The number of rotatable bonds is 3. The van der Waals surface area contributed by atoms with Crippen molar-refractivity contribution in [2.45, 2.75) is 25.4 Å². The van der Waals surface area contributed by atoms with E-state index in [9.17, 15) is 0 Å². The lowest BCUT2D eigenvalue weighted by Gasteiger charge is -2.23. The van der Waals surface area contributed by atoms with E-state index in [0.29, 0.717) is 6.10 Å². The molecule has 1 atom stereocenters. The number of hydrogen-bond donors (Lipinski definition) is 1. The number of nitrogens with zero attached hydrogens (tertiary/aromatic N) is 1. The number of pyridine rings is 1. The minimum atomic E-state index is 0.318. The SMILES string of the molecule is Brc1cccc2c(NCC3CCCCO3)nccc12. The average Bonchev–Trinajstić information content (AvgIpc) is 2.47. The molecule has 0 bridgehead atoms. The van der Waals surface area contributed by atoms with E-state index < -0.39 is 0 Å². The molecule has 19 heavy (non-hydrogen) atoms. The van der Waals surface area contributed by atoms with Crippen LogP contribution in [-0.2, 0) is 4.74 Å². The van der Waals surface area contributed by atoms with Gasteiger partial charge in [0, 0.05) is 34.6 Å². The summed E-state index contributed by atoms with van der Waals surface area (Å²) in [7, 11) is 0. The monoisotopic (exact) mass is 320 g/mol. The number of halogens is 1. The molecule has 0 aliphatic carbocycles. The third kappa shape index (κ3) is 2.90. The highest BCUT2D eigenvalue weighted by Gasteiger charge is 2.14. The number of benzene rings is 1. The molecule has 2 heterocycles. The molecule has 1 aromatic heterocycles. The Morgan fingerprint density at radius 1 is 1.26 bits per heavy atom. The zero-order valence-corrected chi connectivity index (χ0v) is 12.3. The number of ether oxygens (including phenoxy) is 1. The van der Waals surface area contributed by atoms with Crippen LogP contribution in [0.25, 0.3) is 10.8 Å². The Balaban J connectivity index is 1.79. The van der Waals surface area contributed by atoms with Gasteiger partial charge < -0.3 is 10.1 Å². The van der Waals surface area contributed by atoms with Crippen molar-refractivity contribution in [3.63, 3.8) is 0 Å². The second-order valence-corrected chi connectivity index (χ2v) is 5.72. The van der Waals surface area contributed by atoms with Gasteiger partial charge in [-0.1, -0.05) is 28.1 Å². The number of fused-ring (bicyclic) bond motifs is 1. The predicted molar refractivity (Wildman–Crippen MR) is 81.5 cm³/mol. The van der Waals surface area contributed by atoms with E-state index in [1.165, 1.54) is 18.2 Å². The van der Waals surface area contributed by atoms with Crippen LogP contribution in [0.5, 0.6) is 0 Å². The quantitative estimate of drug-likeness (QED) is 0.928. The van der Waals surface area contributed by atoms with Gasteiger partial charge in [0.25, 0.3) is 0 Å². The van der Waals surface area contributed by atoms with Crippen molar-refractivity contribution < 1.29 is 4.74 Å². The van der Waals surface area contributed by atoms with Crippen molar-refractivity contribution in [2.75, 3.05) is 18.5 Å². The predicted octanol–water partition coefficient (Wildman–Crippen LogP) is 3.98. The van der Waals surface area contributed by atoms with Gasteiger partial charge in [-0.2, -0.15) is 0 Å². The molecule has 3 rings (SSSR count). The first-order valence-corrected chi connectivity index (χ1v) is 7.52. The highest BCUT2D eigenvalue weighted by molar-refractivity contribution is 9.10. The molecule has 0 radical (unpaired) electrons. The molecule has 1 aliphatic heterocycles. The molecule has 0 saturated carbocycles. The minimum absolute atomic E-state index is 0.318. The second kappa shape index (κ2) is 5.88. The standard InChI is InChI=1S/C15H17BrN2O/c16-14-6-3-5-13-12(14)7-8-17-15(13)18-10-11-4-1-2-9-19-11/h3,5-8,11H,1-2,4,9-10H2,(H,17,18). The van der Waals surface area contributed by atoms with Crippen LogP contribution in [0.4, 0.5) is 5.82 Å². The Morgan fingerprint density at radius 3 is 3.05 bits per heavy atom. The number of anilines is 1. The van der Waals surface area contributed by atoms with Gasteiger partial charge in [-0.15, -0.1) is 0 Å². The fraction of sp³-hybridized carbons (Fsp3) is 0.400. The van der Waals surface area contributed by atoms with Gasteiger partial charge in [0.15, 0.2) is 0 Å². The van der Waals surface area contributed by atoms with Crippen LogP contribution in [0.2, 0.25) is 0 Å². The molecule has 0 spiro atoms. The van der Waals surface area contributed by atoms with Gasteiger partial charge in [0.2, 0.25) is 0 Å². The third-order valence-corrected chi connectivity index (χ3v) is 4.22. The van der Waals surface area contributed by atoms with Crippen LogP contribution < -0.4 is 5.32 Å². The van der Waals surface area contributed by atoms with Crippen molar-refractivity contribution >= 4 is 32.5 Å². The van der Waals surface area contributed by atoms with E-state index in [2.05, 4.69) is 38.4 Å². The maximum absolute atomic E-state index is 5.74. The Hall–Kier alpha value is -1.13.